The van der Waals surface area contributed by atoms with Crippen LogP contribution in [0.2, 0.25) is 0 Å². The quantitative estimate of drug-likeness (QED) is 0.803. The fourth-order valence-electron chi connectivity index (χ4n) is 1.99. The molecule has 1 aromatic heterocycles. The number of amides is 1. The molecule has 0 aliphatic heterocycles. The lowest BCUT2D eigenvalue weighted by Crippen LogP contribution is -2.32. The van der Waals surface area contributed by atoms with Gasteiger partial charge in [-0.2, -0.15) is 0 Å². The van der Waals surface area contributed by atoms with E-state index in [1.165, 1.54) is 24.3 Å². The predicted molar refractivity (Wildman–Crippen MR) is 91.9 cm³/mol. The molecule has 0 fully saturated rings. The van der Waals surface area contributed by atoms with E-state index in [9.17, 15) is 13.2 Å². The summed E-state index contributed by atoms with van der Waals surface area (Å²) in [7, 11) is -3.56. The summed E-state index contributed by atoms with van der Waals surface area (Å²) in [4.78, 5) is 16.2. The van der Waals surface area contributed by atoms with E-state index >= 15 is 0 Å². The molecule has 0 unspecified atom stereocenters. The minimum absolute atomic E-state index is 0.140. The number of carbonyl (C=O) groups is 1. The Kier molecular flexibility index (Phi) is 6.05. The molecule has 2 rings (SSSR count). The third-order valence-electron chi connectivity index (χ3n) is 3.60. The third kappa shape index (κ3) is 4.87. The van der Waals surface area contributed by atoms with Gasteiger partial charge >= 0.3 is 0 Å². The lowest BCUT2D eigenvalue weighted by atomic mass is 10.2. The van der Waals surface area contributed by atoms with Gasteiger partial charge < -0.3 is 5.32 Å². The summed E-state index contributed by atoms with van der Waals surface area (Å²) >= 11 is 0. The molecule has 2 N–H and O–H groups in total. The molecule has 0 spiro atoms. The van der Waals surface area contributed by atoms with Crippen LogP contribution < -0.4 is 10.0 Å². The molecule has 1 atom stereocenters. The predicted octanol–water partition coefficient (Wildman–Crippen LogP) is 2.09. The molecule has 0 aliphatic rings. The van der Waals surface area contributed by atoms with Crippen LogP contribution in [-0.2, 0) is 16.6 Å². The van der Waals surface area contributed by atoms with Gasteiger partial charge in [-0.15, -0.1) is 0 Å². The van der Waals surface area contributed by atoms with E-state index in [1.807, 2.05) is 19.1 Å². The fourth-order valence-corrected chi connectivity index (χ4v) is 3.31. The van der Waals surface area contributed by atoms with Gasteiger partial charge in [-0.25, -0.2) is 13.1 Å². The van der Waals surface area contributed by atoms with Crippen LogP contribution in [0.25, 0.3) is 0 Å². The van der Waals surface area contributed by atoms with Crippen LogP contribution in [-0.4, -0.2) is 25.4 Å². The van der Waals surface area contributed by atoms with E-state index in [2.05, 4.69) is 15.0 Å². The molecular weight excluding hydrogens is 326 g/mol. The summed E-state index contributed by atoms with van der Waals surface area (Å²) in [6, 6.07) is 9.38. The highest BCUT2D eigenvalue weighted by Crippen LogP contribution is 2.12. The van der Waals surface area contributed by atoms with Crippen LogP contribution in [0.3, 0.4) is 0 Å². The Hall–Kier alpha value is -2.25. The number of carbonyl (C=O) groups excluding carboxylic acids is 1. The van der Waals surface area contributed by atoms with Crippen LogP contribution in [0.1, 0.15) is 36.2 Å². The molecule has 128 valence electrons. The summed E-state index contributed by atoms with van der Waals surface area (Å²) in [6.07, 6.45) is 4.02. The fraction of sp³-hybridized carbons (Fsp3) is 0.294. The van der Waals surface area contributed by atoms with Gasteiger partial charge in [0.2, 0.25) is 10.0 Å². The number of rotatable bonds is 7. The summed E-state index contributed by atoms with van der Waals surface area (Å²) in [6.45, 7) is 4.10. The molecule has 1 aromatic carbocycles. The molecule has 7 heteroatoms. The summed E-state index contributed by atoms with van der Waals surface area (Å²) in [5.74, 6) is -0.259. The minimum atomic E-state index is -3.56. The van der Waals surface area contributed by atoms with E-state index in [4.69, 9.17) is 0 Å². The Labute approximate surface area is 142 Å². The number of nitrogens with zero attached hydrogens (tertiary/aromatic N) is 1. The van der Waals surface area contributed by atoms with Gasteiger partial charge in [-0.3, -0.25) is 9.78 Å². The topological polar surface area (TPSA) is 88.2 Å². The number of benzene rings is 1. The maximum Gasteiger partial charge on any atom is 0.251 e. The van der Waals surface area contributed by atoms with Crippen LogP contribution in [0.4, 0.5) is 0 Å². The van der Waals surface area contributed by atoms with Gasteiger partial charge in [0.1, 0.15) is 0 Å². The first kappa shape index (κ1) is 18.1. The Morgan fingerprint density at radius 2 is 1.75 bits per heavy atom. The second-order valence-corrected chi connectivity index (χ2v) is 7.21. The summed E-state index contributed by atoms with van der Waals surface area (Å²) < 4.78 is 26.9. The highest BCUT2D eigenvalue weighted by atomic mass is 32.2. The second kappa shape index (κ2) is 8.03. The van der Waals surface area contributed by atoms with Gasteiger partial charge in [0.25, 0.3) is 5.91 Å². The number of aromatic nitrogens is 1. The molecule has 24 heavy (non-hydrogen) atoms. The molecule has 6 nitrogen and oxygen atoms in total. The van der Waals surface area contributed by atoms with Crippen molar-refractivity contribution in [2.24, 2.45) is 0 Å². The minimum Gasteiger partial charge on any atom is -0.348 e. The van der Waals surface area contributed by atoms with E-state index < -0.39 is 10.0 Å². The van der Waals surface area contributed by atoms with Gasteiger partial charge in [-0.05, 0) is 55.3 Å². The van der Waals surface area contributed by atoms with Crippen molar-refractivity contribution in [1.29, 1.82) is 0 Å². The highest BCUT2D eigenvalue weighted by molar-refractivity contribution is 7.89. The molecule has 0 radical (unpaired) electrons. The molecule has 1 amide bonds. The average Bonchev–Trinajstić information content (AvgIpc) is 2.60. The SMILES string of the molecule is CC[C@@H](C)NS(=O)(=O)c1ccc(C(=O)NCc2ccncc2)cc1. The van der Waals surface area contributed by atoms with E-state index in [0.717, 1.165) is 5.56 Å². The number of sulfonamides is 1. The van der Waals surface area contributed by atoms with Gasteiger partial charge in [-0.1, -0.05) is 6.92 Å². The van der Waals surface area contributed by atoms with Gasteiger partial charge in [0.05, 0.1) is 4.90 Å². The van der Waals surface area contributed by atoms with Crippen molar-refractivity contribution in [2.75, 3.05) is 0 Å². The lowest BCUT2D eigenvalue weighted by Gasteiger charge is -2.12. The van der Waals surface area contributed by atoms with E-state index in [0.29, 0.717) is 18.5 Å². The average molecular weight is 347 g/mol. The highest BCUT2D eigenvalue weighted by Gasteiger charge is 2.17. The largest absolute Gasteiger partial charge is 0.348 e. The maximum atomic E-state index is 12.2. The van der Waals surface area contributed by atoms with E-state index in [1.54, 1.807) is 19.3 Å². The summed E-state index contributed by atoms with van der Waals surface area (Å²) in [5.41, 5.74) is 1.35. The number of pyridine rings is 1. The van der Waals surface area contributed by atoms with Crippen LogP contribution in [0, 0.1) is 0 Å². The molecule has 0 bridgehead atoms. The van der Waals surface area contributed by atoms with Gasteiger partial charge in [0.15, 0.2) is 0 Å². The molecule has 1 heterocycles. The van der Waals surface area contributed by atoms with Crippen molar-refractivity contribution in [3.05, 3.63) is 59.9 Å². The van der Waals surface area contributed by atoms with Crippen molar-refractivity contribution in [1.82, 2.24) is 15.0 Å². The monoisotopic (exact) mass is 347 g/mol. The molecule has 0 saturated carbocycles. The Morgan fingerprint density at radius 3 is 2.33 bits per heavy atom. The van der Waals surface area contributed by atoms with Crippen molar-refractivity contribution in [3.8, 4) is 0 Å². The molecule has 2 aromatic rings. The van der Waals surface area contributed by atoms with Crippen molar-refractivity contribution < 1.29 is 13.2 Å². The standard InChI is InChI=1S/C17H21N3O3S/c1-3-13(2)20-24(22,23)16-6-4-15(5-7-16)17(21)19-12-14-8-10-18-11-9-14/h4-11,13,20H,3,12H2,1-2H3,(H,19,21)/t13-/m1/s1. The van der Waals surface area contributed by atoms with Crippen molar-refractivity contribution in [2.45, 2.75) is 37.8 Å². The van der Waals surface area contributed by atoms with Crippen molar-refractivity contribution in [3.63, 3.8) is 0 Å². The summed E-state index contributed by atoms with van der Waals surface area (Å²) in [5, 5.41) is 2.78. The number of nitrogens with one attached hydrogen (secondary N) is 2. The zero-order valence-corrected chi connectivity index (χ0v) is 14.5. The molecule has 0 aliphatic carbocycles. The molecule has 0 saturated heterocycles. The first-order valence-electron chi connectivity index (χ1n) is 7.72. The first-order chi connectivity index (χ1) is 11.4. The lowest BCUT2D eigenvalue weighted by molar-refractivity contribution is 0.0951. The Balaban J connectivity index is 2.02. The van der Waals surface area contributed by atoms with Crippen LogP contribution in [0.15, 0.2) is 53.7 Å². The second-order valence-electron chi connectivity index (χ2n) is 5.49. The van der Waals surface area contributed by atoms with Crippen LogP contribution in [0.5, 0.6) is 0 Å². The van der Waals surface area contributed by atoms with E-state index in [-0.39, 0.29) is 16.8 Å². The maximum absolute atomic E-state index is 12.2. The first-order valence-corrected chi connectivity index (χ1v) is 9.20. The number of hydrogen-bond donors (Lipinski definition) is 2. The molecular formula is C17H21N3O3S. The third-order valence-corrected chi connectivity index (χ3v) is 5.20. The van der Waals surface area contributed by atoms with Crippen molar-refractivity contribution >= 4 is 15.9 Å². The zero-order valence-electron chi connectivity index (χ0n) is 13.7. The normalized spacial score (nSPS) is 12.6. The smallest absolute Gasteiger partial charge is 0.251 e. The zero-order chi connectivity index (χ0) is 17.6. The number of hydrogen-bond acceptors (Lipinski definition) is 4. The Bertz CT molecular complexity index is 774. The van der Waals surface area contributed by atoms with Gasteiger partial charge in [0, 0.05) is 30.5 Å². The van der Waals surface area contributed by atoms with Crippen LogP contribution >= 0.6 is 0 Å². The Morgan fingerprint density at radius 1 is 1.12 bits per heavy atom.